The fraction of sp³-hybridized carbons (Fsp3) is 0.943. The summed E-state index contributed by atoms with van der Waals surface area (Å²) in [5, 5.41) is 10.6. The normalized spacial score (nSPS) is 14.9. The average molecular weight is 1310 g/mol. The van der Waals surface area contributed by atoms with Gasteiger partial charge in [-0.05, 0) is 49.4 Å². The van der Waals surface area contributed by atoms with E-state index in [9.17, 15) is 43.2 Å². The maximum absolute atomic E-state index is 13.0. The van der Waals surface area contributed by atoms with Crippen LogP contribution in [0.1, 0.15) is 344 Å². The predicted molar refractivity (Wildman–Crippen MR) is 358 cm³/mol. The van der Waals surface area contributed by atoms with E-state index in [2.05, 4.69) is 55.4 Å². The van der Waals surface area contributed by atoms with E-state index in [1.54, 1.807) is 0 Å². The number of hydrogen-bond donors (Lipinski definition) is 3. The lowest BCUT2D eigenvalue weighted by Gasteiger charge is -2.21. The number of esters is 4. The Bertz CT molecular complexity index is 1770. The fourth-order valence-corrected chi connectivity index (χ4v) is 12.0. The first-order valence-electron chi connectivity index (χ1n) is 36.3. The summed E-state index contributed by atoms with van der Waals surface area (Å²) in [5.74, 6) is 0.860. The zero-order valence-electron chi connectivity index (χ0n) is 58.1. The second-order valence-electron chi connectivity index (χ2n) is 26.7. The maximum Gasteiger partial charge on any atom is 0.472 e. The molecule has 0 saturated heterocycles. The quantitative estimate of drug-likeness (QED) is 0.0222. The molecule has 0 radical (unpaired) electrons. The zero-order valence-corrected chi connectivity index (χ0v) is 59.8. The van der Waals surface area contributed by atoms with E-state index in [1.807, 2.05) is 0 Å². The highest BCUT2D eigenvalue weighted by Crippen LogP contribution is 2.45. The van der Waals surface area contributed by atoms with Gasteiger partial charge in [-0.2, -0.15) is 0 Å². The number of phosphoric acid groups is 2. The van der Waals surface area contributed by atoms with E-state index in [0.29, 0.717) is 37.5 Å². The molecule has 0 amide bonds. The number of hydrogen-bond acceptors (Lipinski definition) is 15. The second kappa shape index (κ2) is 59.8. The van der Waals surface area contributed by atoms with E-state index in [0.717, 1.165) is 108 Å². The van der Waals surface area contributed by atoms with Crippen molar-refractivity contribution >= 4 is 39.5 Å². The lowest BCUT2D eigenvalue weighted by atomic mass is 9.99. The predicted octanol–water partition coefficient (Wildman–Crippen LogP) is 19.7. The van der Waals surface area contributed by atoms with Gasteiger partial charge in [0.1, 0.15) is 19.3 Å². The van der Waals surface area contributed by atoms with E-state index < -0.39 is 97.5 Å². The van der Waals surface area contributed by atoms with Crippen molar-refractivity contribution in [3.63, 3.8) is 0 Å². The minimum atomic E-state index is -4.95. The van der Waals surface area contributed by atoms with Gasteiger partial charge in [0.2, 0.25) is 0 Å². The summed E-state index contributed by atoms with van der Waals surface area (Å²) in [5.41, 5.74) is 0. The van der Waals surface area contributed by atoms with Crippen molar-refractivity contribution in [1.29, 1.82) is 0 Å². The van der Waals surface area contributed by atoms with Gasteiger partial charge in [0, 0.05) is 25.7 Å². The van der Waals surface area contributed by atoms with Gasteiger partial charge in [0.15, 0.2) is 12.2 Å². The van der Waals surface area contributed by atoms with E-state index in [-0.39, 0.29) is 25.7 Å². The number of aliphatic hydroxyl groups excluding tert-OH is 1. The van der Waals surface area contributed by atoms with Crippen molar-refractivity contribution in [2.24, 2.45) is 23.7 Å². The summed E-state index contributed by atoms with van der Waals surface area (Å²) in [6.07, 6.45) is 41.9. The molecule has 528 valence electrons. The number of unbranched alkanes of at least 4 members (excludes halogenated alkanes) is 31. The van der Waals surface area contributed by atoms with Gasteiger partial charge in [0.25, 0.3) is 0 Å². The Morgan fingerprint density at radius 3 is 0.798 bits per heavy atom. The second-order valence-corrected chi connectivity index (χ2v) is 29.6. The topological polar surface area (TPSA) is 237 Å². The Morgan fingerprint density at radius 1 is 0.315 bits per heavy atom. The van der Waals surface area contributed by atoms with Crippen molar-refractivity contribution in [3.05, 3.63) is 0 Å². The minimum Gasteiger partial charge on any atom is -0.462 e. The first kappa shape index (κ1) is 87.1. The summed E-state index contributed by atoms with van der Waals surface area (Å²) in [6.45, 7) is 14.1. The Kier molecular flexibility index (Phi) is 58.5. The molecule has 0 aliphatic carbocycles. The monoisotopic (exact) mass is 1310 g/mol. The smallest absolute Gasteiger partial charge is 0.462 e. The van der Waals surface area contributed by atoms with Crippen molar-refractivity contribution < 1.29 is 80.2 Å². The van der Waals surface area contributed by atoms with Crippen molar-refractivity contribution in [2.45, 2.75) is 363 Å². The molecule has 0 spiro atoms. The molecule has 7 atom stereocenters. The summed E-state index contributed by atoms with van der Waals surface area (Å²) in [7, 11) is -9.90. The molecule has 0 rings (SSSR count). The van der Waals surface area contributed by atoms with Crippen LogP contribution < -0.4 is 0 Å². The molecule has 19 heteroatoms. The highest BCUT2D eigenvalue weighted by atomic mass is 31.2. The van der Waals surface area contributed by atoms with E-state index >= 15 is 0 Å². The average Bonchev–Trinajstić information content (AvgIpc) is 3.69. The summed E-state index contributed by atoms with van der Waals surface area (Å²) in [4.78, 5) is 72.4. The van der Waals surface area contributed by atoms with Gasteiger partial charge in [-0.1, -0.05) is 293 Å². The number of carbonyl (C=O) groups excluding carboxylic acids is 4. The maximum atomic E-state index is 13.0. The Balaban J connectivity index is 5.19. The molecular formula is C70H136O17P2. The van der Waals surface area contributed by atoms with Crippen LogP contribution in [0.5, 0.6) is 0 Å². The third kappa shape index (κ3) is 62.0. The molecule has 3 N–H and O–H groups in total. The van der Waals surface area contributed by atoms with Crippen LogP contribution >= 0.6 is 15.6 Å². The molecule has 0 bridgehead atoms. The first-order chi connectivity index (χ1) is 42.7. The Labute approximate surface area is 543 Å². The van der Waals surface area contributed by atoms with Crippen LogP contribution in [-0.4, -0.2) is 96.7 Å². The van der Waals surface area contributed by atoms with Crippen LogP contribution in [-0.2, 0) is 65.4 Å². The standard InChI is InChI=1S/C70H136O17P2/c1-9-62(7)48-40-32-23-17-15-13-11-12-14-16-18-25-34-42-50-67(72)80-56-65(87-70(75)53-45-37-27-21-22-30-38-46-60(3)4)58-84-88(76,77)82-54-64(71)55-83-89(78,79)85-59-66(57-81-68(73)51-43-35-29-28-31-39-47-61(5)6)86-69(74)52-44-36-26-20-19-24-33-41-49-63(8)10-2/h60-66,71H,9-59H2,1-8H3,(H,76,77)(H,78,79)/t62?,63?,64-,65-,66-/m1/s1. The zero-order chi connectivity index (χ0) is 66.1. The number of rotatable bonds is 67. The SMILES string of the molecule is CCC(C)CCCCCCCCCCCCCCCCC(=O)OC[C@H](COP(=O)(O)OC[C@@H](O)COP(=O)(O)OC[C@@H](COC(=O)CCCCCCCCC(C)C)OC(=O)CCCCCCCCCCC(C)CC)OC(=O)CCCCCCCCCC(C)C. The van der Waals surface area contributed by atoms with E-state index in [1.165, 1.54) is 141 Å². The van der Waals surface area contributed by atoms with Crippen LogP contribution in [0, 0.1) is 23.7 Å². The van der Waals surface area contributed by atoms with Gasteiger partial charge in [-0.3, -0.25) is 37.3 Å². The number of ether oxygens (including phenoxy) is 4. The van der Waals surface area contributed by atoms with E-state index in [4.69, 9.17) is 37.0 Å². The molecule has 89 heavy (non-hydrogen) atoms. The summed E-state index contributed by atoms with van der Waals surface area (Å²) >= 11 is 0. The highest BCUT2D eigenvalue weighted by molar-refractivity contribution is 7.47. The van der Waals surface area contributed by atoms with Crippen LogP contribution in [0.3, 0.4) is 0 Å². The summed E-state index contributed by atoms with van der Waals surface area (Å²) in [6, 6.07) is 0. The number of carbonyl (C=O) groups is 4. The van der Waals surface area contributed by atoms with Crippen molar-refractivity contribution in [1.82, 2.24) is 0 Å². The molecule has 0 aromatic heterocycles. The molecule has 0 fully saturated rings. The van der Waals surface area contributed by atoms with Crippen molar-refractivity contribution in [3.8, 4) is 0 Å². The fourth-order valence-electron chi connectivity index (χ4n) is 10.4. The third-order valence-electron chi connectivity index (χ3n) is 16.8. The van der Waals surface area contributed by atoms with Crippen molar-refractivity contribution in [2.75, 3.05) is 39.6 Å². The first-order valence-corrected chi connectivity index (χ1v) is 39.3. The van der Waals surface area contributed by atoms with Gasteiger partial charge in [-0.25, -0.2) is 9.13 Å². The molecule has 0 aromatic carbocycles. The molecule has 0 saturated carbocycles. The molecule has 0 aliphatic rings. The van der Waals surface area contributed by atoms with Gasteiger partial charge in [-0.15, -0.1) is 0 Å². The molecule has 0 aliphatic heterocycles. The Morgan fingerprint density at radius 2 is 0.539 bits per heavy atom. The third-order valence-corrected chi connectivity index (χ3v) is 18.7. The molecule has 4 unspecified atom stereocenters. The Hall–Kier alpha value is -1.94. The van der Waals surface area contributed by atoms with Crippen LogP contribution in [0.25, 0.3) is 0 Å². The van der Waals surface area contributed by atoms with Crippen LogP contribution in [0.2, 0.25) is 0 Å². The number of phosphoric ester groups is 2. The lowest BCUT2D eigenvalue weighted by molar-refractivity contribution is -0.161. The molecular weight excluding hydrogens is 1170 g/mol. The van der Waals surface area contributed by atoms with Gasteiger partial charge >= 0.3 is 39.5 Å². The molecule has 0 aromatic rings. The van der Waals surface area contributed by atoms with Crippen LogP contribution in [0.4, 0.5) is 0 Å². The largest absolute Gasteiger partial charge is 0.472 e. The lowest BCUT2D eigenvalue weighted by Crippen LogP contribution is -2.30. The molecule has 0 heterocycles. The van der Waals surface area contributed by atoms with Crippen LogP contribution in [0.15, 0.2) is 0 Å². The highest BCUT2D eigenvalue weighted by Gasteiger charge is 2.30. The minimum absolute atomic E-state index is 0.103. The molecule has 17 nitrogen and oxygen atoms in total. The summed E-state index contributed by atoms with van der Waals surface area (Å²) < 4.78 is 68.2. The van der Waals surface area contributed by atoms with Gasteiger partial charge in [0.05, 0.1) is 26.4 Å². The number of aliphatic hydroxyl groups is 1. The van der Waals surface area contributed by atoms with Gasteiger partial charge < -0.3 is 33.8 Å².